The summed E-state index contributed by atoms with van der Waals surface area (Å²) in [5.74, 6) is -3.08. The molecule has 0 saturated carbocycles. The van der Waals surface area contributed by atoms with Gasteiger partial charge < -0.3 is 24.8 Å². The minimum atomic E-state index is -5.19. The third kappa shape index (κ3) is 4.40. The smallest absolute Gasteiger partial charge is 0.430 e. The molecule has 2 heterocycles. The number of hydrogen-bond acceptors (Lipinski definition) is 6. The lowest BCUT2D eigenvalue weighted by molar-refractivity contribution is -0.902. The van der Waals surface area contributed by atoms with Crippen molar-refractivity contribution in [3.63, 3.8) is 0 Å². The first kappa shape index (κ1) is 22.4. The maximum Gasteiger partial charge on any atom is 0.430 e. The zero-order valence-corrected chi connectivity index (χ0v) is 16.3. The second kappa shape index (κ2) is 7.17. The molecule has 1 aromatic carbocycles. The summed E-state index contributed by atoms with van der Waals surface area (Å²) in [5, 5.41) is 23.2. The maximum atomic E-state index is 11.7. The fourth-order valence-corrected chi connectivity index (χ4v) is 4.25. The molecule has 1 aromatic rings. The van der Waals surface area contributed by atoms with Crippen molar-refractivity contribution in [2.45, 2.75) is 30.1 Å². The number of benzene rings is 1. The van der Waals surface area contributed by atoms with Crippen LogP contribution in [0.15, 0.2) is 18.2 Å². The summed E-state index contributed by atoms with van der Waals surface area (Å²) in [6, 6.07) is 5.49. The minimum Gasteiger partial charge on any atom is -0.542 e. The van der Waals surface area contributed by atoms with E-state index in [0.717, 1.165) is 17.8 Å². The lowest BCUT2D eigenvalue weighted by atomic mass is 9.92. The third-order valence-electron chi connectivity index (χ3n) is 4.96. The number of sulfonamides is 1. The molecule has 158 valence electrons. The number of aliphatic hydroxyl groups is 1. The number of halogens is 3. The van der Waals surface area contributed by atoms with Crippen LogP contribution in [0, 0.1) is 0 Å². The van der Waals surface area contributed by atoms with E-state index in [0.29, 0.717) is 16.5 Å². The number of carbonyl (C=O) groups is 1. The van der Waals surface area contributed by atoms with E-state index >= 15 is 0 Å². The van der Waals surface area contributed by atoms with Gasteiger partial charge in [0, 0.05) is 17.7 Å². The Labute approximate surface area is 160 Å². The summed E-state index contributed by atoms with van der Waals surface area (Å²) < 4.78 is 57.9. The molecule has 0 amide bonds. The van der Waals surface area contributed by atoms with Crippen molar-refractivity contribution in [1.82, 2.24) is 4.72 Å². The number of carboxylic acid groups (broad SMARTS) is 1. The molecular weight excluding hydrogens is 403 g/mol. The molecular formula is C16H22F3N3O5S. The fraction of sp³-hybridized carbons (Fsp3) is 0.562. The van der Waals surface area contributed by atoms with Crippen LogP contribution in [-0.2, 0) is 26.2 Å². The van der Waals surface area contributed by atoms with Crippen LogP contribution < -0.4 is 15.1 Å². The lowest BCUT2D eigenvalue weighted by Crippen LogP contribution is -2.52. The number of anilines is 1. The topological polar surface area (TPSA) is 119 Å². The van der Waals surface area contributed by atoms with Crippen molar-refractivity contribution < 1.29 is 41.1 Å². The van der Waals surface area contributed by atoms with Gasteiger partial charge in [-0.3, -0.25) is 0 Å². The van der Waals surface area contributed by atoms with Crippen molar-refractivity contribution >= 4 is 21.7 Å². The molecule has 3 N–H and O–H groups in total. The Morgan fingerprint density at radius 1 is 1.43 bits per heavy atom. The molecule has 1 fully saturated rings. The van der Waals surface area contributed by atoms with Gasteiger partial charge in [0.1, 0.15) is 5.97 Å². The number of nitrogens with one attached hydrogen (secondary N) is 2. The first-order chi connectivity index (χ1) is 12.6. The Balaban J connectivity index is 0.000000345. The van der Waals surface area contributed by atoms with E-state index in [4.69, 9.17) is 9.90 Å². The monoisotopic (exact) mass is 425 g/mol. The highest BCUT2D eigenvalue weighted by Gasteiger charge is 2.59. The highest BCUT2D eigenvalue weighted by atomic mass is 32.2. The predicted octanol–water partition coefficient (Wildman–Crippen LogP) is -0.546. The van der Waals surface area contributed by atoms with E-state index in [1.165, 1.54) is 7.05 Å². The summed E-state index contributed by atoms with van der Waals surface area (Å²) in [4.78, 5) is 8.78. The maximum absolute atomic E-state index is 11.7. The second-order valence-corrected chi connectivity index (χ2v) is 9.28. The molecule has 2 atom stereocenters. The van der Waals surface area contributed by atoms with Crippen molar-refractivity contribution in [1.29, 1.82) is 0 Å². The second-order valence-electron chi connectivity index (χ2n) is 7.35. The molecule has 1 saturated heterocycles. The SMILES string of the molecule is CNS(=O)(=O)Cc1ccc2c(c1)C1(O)CC[N+](C)(C)C1N2.O=C([O-])C(F)(F)F. The average molecular weight is 425 g/mol. The number of fused-ring (bicyclic) bond motifs is 3. The molecule has 0 bridgehead atoms. The first-order valence-electron chi connectivity index (χ1n) is 8.27. The first-order valence-corrected chi connectivity index (χ1v) is 9.92. The molecule has 0 aliphatic carbocycles. The number of carbonyl (C=O) groups excluding carboxylic acids is 1. The van der Waals surface area contributed by atoms with Crippen LogP contribution in [-0.4, -0.2) is 64.0 Å². The largest absolute Gasteiger partial charge is 0.542 e. The van der Waals surface area contributed by atoms with Gasteiger partial charge in [0.25, 0.3) is 0 Å². The quantitative estimate of drug-likeness (QED) is 0.560. The Bertz CT molecular complexity index is 873. The van der Waals surface area contributed by atoms with Gasteiger partial charge >= 0.3 is 6.18 Å². The van der Waals surface area contributed by atoms with Gasteiger partial charge in [-0.25, -0.2) is 13.1 Å². The van der Waals surface area contributed by atoms with Gasteiger partial charge in [0.05, 0.1) is 26.4 Å². The normalized spacial score (nSPS) is 25.2. The summed E-state index contributed by atoms with van der Waals surface area (Å²) in [6.07, 6.45) is -4.60. The van der Waals surface area contributed by atoms with Crippen LogP contribution >= 0.6 is 0 Å². The molecule has 2 aliphatic heterocycles. The summed E-state index contributed by atoms with van der Waals surface area (Å²) in [7, 11) is 2.28. The van der Waals surface area contributed by atoms with Crippen LogP contribution in [0.3, 0.4) is 0 Å². The molecule has 28 heavy (non-hydrogen) atoms. The van der Waals surface area contributed by atoms with Gasteiger partial charge in [-0.1, -0.05) is 6.07 Å². The molecule has 12 heteroatoms. The Morgan fingerprint density at radius 2 is 2.00 bits per heavy atom. The number of carboxylic acids is 1. The van der Waals surface area contributed by atoms with Crippen molar-refractivity contribution in [3.05, 3.63) is 29.3 Å². The molecule has 0 aromatic heterocycles. The van der Waals surface area contributed by atoms with Gasteiger partial charge in [-0.15, -0.1) is 0 Å². The van der Waals surface area contributed by atoms with E-state index in [9.17, 15) is 26.7 Å². The highest BCUT2D eigenvalue weighted by molar-refractivity contribution is 7.88. The van der Waals surface area contributed by atoms with Gasteiger partial charge in [0.2, 0.25) is 10.0 Å². The van der Waals surface area contributed by atoms with Gasteiger partial charge in [-0.05, 0) is 24.7 Å². The molecule has 8 nitrogen and oxygen atoms in total. The molecule has 0 spiro atoms. The Hall–Kier alpha value is -1.89. The molecule has 0 radical (unpaired) electrons. The van der Waals surface area contributed by atoms with E-state index in [2.05, 4.69) is 24.1 Å². The van der Waals surface area contributed by atoms with E-state index in [1.54, 1.807) is 6.07 Å². The highest BCUT2D eigenvalue weighted by Crippen LogP contribution is 2.48. The lowest BCUT2D eigenvalue weighted by Gasteiger charge is -2.33. The number of likely N-dealkylation sites (N-methyl/N-ethyl adjacent to an activating group) is 1. The zero-order chi connectivity index (χ0) is 21.5. The third-order valence-corrected chi connectivity index (χ3v) is 6.30. The number of quaternary nitrogens is 1. The number of likely N-dealkylation sites (tertiary alicyclic amines) is 1. The summed E-state index contributed by atoms with van der Waals surface area (Å²) in [6.45, 7) is 0.882. The minimum absolute atomic E-state index is 0.0736. The predicted molar refractivity (Wildman–Crippen MR) is 92.1 cm³/mol. The molecule has 2 aliphatic rings. The van der Waals surface area contributed by atoms with Crippen molar-refractivity contribution in [2.24, 2.45) is 0 Å². The standard InChI is InChI=1S/C14H22N3O3S.C2HF3O2/c1-15-21(19,20)9-10-4-5-12-11(8-10)14(18)6-7-17(2,3)13(14)16-12;3-2(4,5)1(6)7/h4-5,8,13,15-16,18H,6-7,9H2,1-3H3;(H,6,7)/q+1;/p-1. The van der Waals surface area contributed by atoms with Crippen LogP contribution in [0.5, 0.6) is 0 Å². The molecule has 2 unspecified atom stereocenters. The Kier molecular flexibility index (Phi) is 5.74. The number of rotatable bonds is 3. The average Bonchev–Trinajstić information content (AvgIpc) is 2.98. The summed E-state index contributed by atoms with van der Waals surface area (Å²) >= 11 is 0. The molecule has 3 rings (SSSR count). The van der Waals surface area contributed by atoms with Crippen molar-refractivity contribution in [2.75, 3.05) is 33.0 Å². The van der Waals surface area contributed by atoms with E-state index in [1.807, 2.05) is 12.1 Å². The summed E-state index contributed by atoms with van der Waals surface area (Å²) in [5.41, 5.74) is 1.49. The van der Waals surface area contributed by atoms with Crippen LogP contribution in [0.25, 0.3) is 0 Å². The Morgan fingerprint density at radius 3 is 2.50 bits per heavy atom. The van der Waals surface area contributed by atoms with Crippen LogP contribution in [0.1, 0.15) is 17.5 Å². The van der Waals surface area contributed by atoms with Crippen LogP contribution in [0.2, 0.25) is 0 Å². The number of aliphatic carboxylic acids is 1. The number of alkyl halides is 3. The number of hydrogen-bond donors (Lipinski definition) is 3. The van der Waals surface area contributed by atoms with Gasteiger partial charge in [-0.2, -0.15) is 13.2 Å². The van der Waals surface area contributed by atoms with Gasteiger partial charge in [0.15, 0.2) is 11.8 Å². The number of nitrogens with zero attached hydrogens (tertiary/aromatic N) is 1. The zero-order valence-electron chi connectivity index (χ0n) is 15.5. The van der Waals surface area contributed by atoms with E-state index < -0.39 is 27.8 Å². The van der Waals surface area contributed by atoms with Crippen LogP contribution in [0.4, 0.5) is 18.9 Å². The van der Waals surface area contributed by atoms with E-state index in [-0.39, 0.29) is 11.9 Å². The van der Waals surface area contributed by atoms with Crippen molar-refractivity contribution in [3.8, 4) is 0 Å². The fourth-order valence-electron chi connectivity index (χ4n) is 3.48.